The molecule has 0 aliphatic carbocycles. The van der Waals surface area contributed by atoms with Crippen LogP contribution in [0.25, 0.3) is 0 Å². The Morgan fingerprint density at radius 3 is 2.91 bits per heavy atom. The van der Waals surface area contributed by atoms with Crippen LogP contribution >= 0.6 is 11.8 Å². The van der Waals surface area contributed by atoms with Crippen LogP contribution in [-0.2, 0) is 0 Å². The van der Waals surface area contributed by atoms with Crippen LogP contribution < -0.4 is 5.73 Å². The molecule has 2 N–H and O–H groups in total. The summed E-state index contributed by atoms with van der Waals surface area (Å²) in [6.45, 7) is 3.17. The number of nitrogens with two attached hydrogens (primary N) is 1. The minimum Gasteiger partial charge on any atom is -0.330 e. The molecule has 2 atom stereocenters. The smallest absolute Gasteiger partial charge is 0.00244 e. The van der Waals surface area contributed by atoms with E-state index in [1.807, 2.05) is 0 Å². The van der Waals surface area contributed by atoms with Crippen LogP contribution in [0.1, 0.15) is 26.2 Å². The Balaban J connectivity index is 2.31. The highest BCUT2D eigenvalue weighted by atomic mass is 32.2. The van der Waals surface area contributed by atoms with Gasteiger partial charge in [-0.2, -0.15) is 11.8 Å². The quantitative estimate of drug-likeness (QED) is 0.707. The van der Waals surface area contributed by atoms with Gasteiger partial charge in [0.2, 0.25) is 0 Å². The Kier molecular flexibility index (Phi) is 4.31. The van der Waals surface area contributed by atoms with Gasteiger partial charge in [0.05, 0.1) is 0 Å². The molecule has 1 aliphatic heterocycles. The zero-order valence-electron chi connectivity index (χ0n) is 7.38. The van der Waals surface area contributed by atoms with E-state index < -0.39 is 0 Å². The molecule has 1 saturated heterocycles. The molecule has 0 aromatic rings. The number of hydrogen-bond donors (Lipinski definition) is 1. The third-order valence-electron chi connectivity index (χ3n) is 2.59. The minimum absolute atomic E-state index is 0.814. The van der Waals surface area contributed by atoms with Crippen molar-refractivity contribution >= 4 is 11.8 Å². The average Bonchev–Trinajstić information content (AvgIpc) is 2.06. The fraction of sp³-hybridized carbons (Fsp3) is 1.00. The van der Waals surface area contributed by atoms with Crippen molar-refractivity contribution in [3.8, 4) is 0 Å². The molecule has 0 spiro atoms. The second-order valence-corrected chi connectivity index (χ2v) is 4.56. The normalized spacial score (nSPS) is 32.2. The molecule has 0 aromatic carbocycles. The first kappa shape index (κ1) is 9.40. The molecule has 2 unspecified atom stereocenters. The SMILES string of the molecule is CCCC1CCSCC1CN. The molecule has 0 bridgehead atoms. The Morgan fingerprint density at radius 2 is 2.27 bits per heavy atom. The van der Waals surface area contributed by atoms with Gasteiger partial charge in [-0.1, -0.05) is 19.8 Å². The van der Waals surface area contributed by atoms with Gasteiger partial charge in [0.25, 0.3) is 0 Å². The van der Waals surface area contributed by atoms with E-state index >= 15 is 0 Å². The van der Waals surface area contributed by atoms with Gasteiger partial charge in [0, 0.05) is 0 Å². The first-order chi connectivity index (χ1) is 5.38. The lowest BCUT2D eigenvalue weighted by atomic mass is 9.87. The van der Waals surface area contributed by atoms with Crippen molar-refractivity contribution in [2.24, 2.45) is 17.6 Å². The van der Waals surface area contributed by atoms with E-state index in [0.717, 1.165) is 18.4 Å². The molecular weight excluding hydrogens is 154 g/mol. The lowest BCUT2D eigenvalue weighted by Gasteiger charge is -2.29. The molecule has 1 heterocycles. The van der Waals surface area contributed by atoms with Gasteiger partial charge < -0.3 is 5.73 Å². The van der Waals surface area contributed by atoms with Gasteiger partial charge in [0.1, 0.15) is 0 Å². The van der Waals surface area contributed by atoms with Crippen LogP contribution in [0.4, 0.5) is 0 Å². The van der Waals surface area contributed by atoms with Gasteiger partial charge in [-0.05, 0) is 36.3 Å². The van der Waals surface area contributed by atoms with E-state index in [0.29, 0.717) is 0 Å². The molecule has 0 saturated carbocycles. The Bertz CT molecular complexity index is 104. The van der Waals surface area contributed by atoms with E-state index in [2.05, 4.69) is 18.7 Å². The maximum atomic E-state index is 5.71. The summed E-state index contributed by atoms with van der Waals surface area (Å²) >= 11 is 2.08. The van der Waals surface area contributed by atoms with Gasteiger partial charge in [-0.25, -0.2) is 0 Å². The molecular formula is C9H19NS. The highest BCUT2D eigenvalue weighted by Gasteiger charge is 2.22. The fourth-order valence-electron chi connectivity index (χ4n) is 1.85. The van der Waals surface area contributed by atoms with Crippen LogP contribution in [0.5, 0.6) is 0 Å². The summed E-state index contributed by atoms with van der Waals surface area (Å²) in [6.07, 6.45) is 4.12. The maximum absolute atomic E-state index is 5.71. The van der Waals surface area contributed by atoms with Crippen LogP contribution in [-0.4, -0.2) is 18.1 Å². The van der Waals surface area contributed by atoms with Gasteiger partial charge in [-0.15, -0.1) is 0 Å². The Labute approximate surface area is 74.1 Å². The largest absolute Gasteiger partial charge is 0.330 e. The summed E-state index contributed by atoms with van der Waals surface area (Å²) in [7, 11) is 0. The van der Waals surface area contributed by atoms with Crippen molar-refractivity contribution in [1.82, 2.24) is 0 Å². The second kappa shape index (κ2) is 5.04. The molecule has 1 fully saturated rings. The van der Waals surface area contributed by atoms with Crippen molar-refractivity contribution in [3.05, 3.63) is 0 Å². The topological polar surface area (TPSA) is 26.0 Å². The van der Waals surface area contributed by atoms with Crippen LogP contribution in [0.15, 0.2) is 0 Å². The lowest BCUT2D eigenvalue weighted by molar-refractivity contribution is 0.329. The van der Waals surface area contributed by atoms with E-state index in [1.165, 1.54) is 30.8 Å². The zero-order valence-corrected chi connectivity index (χ0v) is 8.20. The Morgan fingerprint density at radius 1 is 1.45 bits per heavy atom. The van der Waals surface area contributed by atoms with Crippen molar-refractivity contribution in [2.75, 3.05) is 18.1 Å². The highest BCUT2D eigenvalue weighted by Crippen LogP contribution is 2.30. The van der Waals surface area contributed by atoms with Gasteiger partial charge >= 0.3 is 0 Å². The monoisotopic (exact) mass is 173 g/mol. The van der Waals surface area contributed by atoms with Crippen LogP contribution in [0.3, 0.4) is 0 Å². The molecule has 0 amide bonds. The van der Waals surface area contributed by atoms with Crippen molar-refractivity contribution in [2.45, 2.75) is 26.2 Å². The summed E-state index contributed by atoms with van der Waals surface area (Å²) < 4.78 is 0. The van der Waals surface area contributed by atoms with Crippen LogP contribution in [0, 0.1) is 11.8 Å². The predicted molar refractivity (Wildman–Crippen MR) is 52.9 cm³/mol. The second-order valence-electron chi connectivity index (χ2n) is 3.41. The minimum atomic E-state index is 0.814. The predicted octanol–water partition coefficient (Wildman–Crippen LogP) is 2.11. The standard InChI is InChI=1S/C9H19NS/c1-2-3-8-4-5-11-7-9(8)6-10/h8-9H,2-7,10H2,1H3. The summed E-state index contributed by atoms with van der Waals surface area (Å²) in [5.74, 6) is 4.42. The number of thioether (sulfide) groups is 1. The fourth-order valence-corrected chi connectivity index (χ4v) is 3.20. The molecule has 1 rings (SSSR count). The van der Waals surface area contributed by atoms with Gasteiger partial charge in [0.15, 0.2) is 0 Å². The first-order valence-corrected chi connectivity index (χ1v) is 5.81. The maximum Gasteiger partial charge on any atom is -0.00244 e. The highest BCUT2D eigenvalue weighted by molar-refractivity contribution is 7.99. The third-order valence-corrected chi connectivity index (χ3v) is 3.78. The summed E-state index contributed by atoms with van der Waals surface area (Å²) in [5, 5.41) is 0. The van der Waals surface area contributed by atoms with Crippen LogP contribution in [0.2, 0.25) is 0 Å². The molecule has 2 heteroatoms. The molecule has 1 aliphatic rings. The third kappa shape index (κ3) is 2.68. The molecule has 1 nitrogen and oxygen atoms in total. The van der Waals surface area contributed by atoms with Crippen molar-refractivity contribution in [1.29, 1.82) is 0 Å². The van der Waals surface area contributed by atoms with E-state index in [-0.39, 0.29) is 0 Å². The van der Waals surface area contributed by atoms with Gasteiger partial charge in [-0.3, -0.25) is 0 Å². The molecule has 11 heavy (non-hydrogen) atoms. The van der Waals surface area contributed by atoms with E-state index in [4.69, 9.17) is 5.73 Å². The summed E-state index contributed by atoms with van der Waals surface area (Å²) in [4.78, 5) is 0. The number of rotatable bonds is 3. The van der Waals surface area contributed by atoms with E-state index in [9.17, 15) is 0 Å². The lowest BCUT2D eigenvalue weighted by Crippen LogP contribution is -2.29. The van der Waals surface area contributed by atoms with Crippen molar-refractivity contribution in [3.63, 3.8) is 0 Å². The molecule has 0 aromatic heterocycles. The summed E-state index contributed by atoms with van der Waals surface area (Å²) in [6, 6.07) is 0. The van der Waals surface area contributed by atoms with Crippen molar-refractivity contribution < 1.29 is 0 Å². The Hall–Kier alpha value is 0.310. The molecule has 66 valence electrons. The molecule has 0 radical (unpaired) electrons. The summed E-state index contributed by atoms with van der Waals surface area (Å²) in [5.41, 5.74) is 5.71. The van der Waals surface area contributed by atoms with E-state index in [1.54, 1.807) is 0 Å². The first-order valence-electron chi connectivity index (χ1n) is 4.66. The average molecular weight is 173 g/mol. The number of hydrogen-bond acceptors (Lipinski definition) is 2. The zero-order chi connectivity index (χ0) is 8.10.